The van der Waals surface area contributed by atoms with Crippen molar-refractivity contribution in [1.82, 2.24) is 19.9 Å². The quantitative estimate of drug-likeness (QED) is 0.436. The van der Waals surface area contributed by atoms with E-state index in [2.05, 4.69) is 20.2 Å². The number of likely N-dealkylation sites (tertiary alicyclic amines) is 1. The minimum Gasteiger partial charge on any atom is -0.486 e. The number of piperazine rings is 1. The third-order valence-corrected chi connectivity index (χ3v) is 6.65. The van der Waals surface area contributed by atoms with Crippen molar-refractivity contribution in [2.45, 2.75) is 51.3 Å². The molecule has 2 saturated heterocycles. The molecule has 9 nitrogen and oxygen atoms in total. The Morgan fingerprint density at radius 2 is 1.97 bits per heavy atom. The summed E-state index contributed by atoms with van der Waals surface area (Å²) in [4.78, 5) is 29.7. The Bertz CT molecular complexity index is 1370. The third-order valence-electron chi connectivity index (χ3n) is 6.29. The first kappa shape index (κ1) is 26.1. The van der Waals surface area contributed by atoms with Crippen molar-refractivity contribution in [2.75, 3.05) is 29.9 Å². The van der Waals surface area contributed by atoms with Gasteiger partial charge in [-0.2, -0.15) is 0 Å². The molecule has 2 atom stereocenters. The van der Waals surface area contributed by atoms with E-state index in [0.29, 0.717) is 29.9 Å². The highest BCUT2D eigenvalue weighted by molar-refractivity contribution is 6.32. The molecule has 2 aliphatic heterocycles. The molecule has 202 valence electrons. The fourth-order valence-corrected chi connectivity index (χ4v) is 4.91. The fourth-order valence-electron chi connectivity index (χ4n) is 4.69. The van der Waals surface area contributed by atoms with Crippen LogP contribution in [-0.4, -0.2) is 69.8 Å². The highest BCUT2D eigenvalue weighted by Gasteiger charge is 2.47. The van der Waals surface area contributed by atoms with Gasteiger partial charge in [-0.3, -0.25) is 0 Å². The zero-order valence-corrected chi connectivity index (χ0v) is 21.7. The zero-order chi connectivity index (χ0) is 27.2. The van der Waals surface area contributed by atoms with Crippen LogP contribution < -0.4 is 15.0 Å². The molecule has 1 amide bonds. The molecule has 4 heterocycles. The number of fused-ring (bicyclic) bond motifs is 3. The molecule has 13 heteroatoms. The lowest BCUT2D eigenvalue weighted by Gasteiger charge is -2.35. The lowest BCUT2D eigenvalue weighted by molar-refractivity contribution is 0.0214. The van der Waals surface area contributed by atoms with Crippen LogP contribution in [0.15, 0.2) is 30.6 Å². The maximum absolute atomic E-state index is 14.9. The van der Waals surface area contributed by atoms with Crippen LogP contribution in [-0.2, 0) is 4.74 Å². The number of alkyl halides is 2. The summed E-state index contributed by atoms with van der Waals surface area (Å²) in [5.74, 6) is -0.137. The summed E-state index contributed by atoms with van der Waals surface area (Å²) in [6.07, 6.45) is -0.908. The number of aromatic nitrogens is 3. The molecule has 0 spiro atoms. The van der Waals surface area contributed by atoms with Crippen LogP contribution in [0.25, 0.3) is 11.0 Å². The van der Waals surface area contributed by atoms with Crippen LogP contribution in [0.1, 0.15) is 27.2 Å². The Hall–Kier alpha value is -3.54. The zero-order valence-electron chi connectivity index (χ0n) is 20.9. The standard InChI is InChI=1S/C25H26ClF3N6O3/c1-25(2,3)38-24(36)35-10-13-8-14(35)9-34(13)19-7-5-16-22(33-19)23(31-12-30-16)32-15-4-6-17(20(26)21(15)29)37-11-18(27)28/h4-7,12-14,18H,8-11H2,1-3H3,(H,30,31,32)/t13-,14-/m0/s1. The van der Waals surface area contributed by atoms with Gasteiger partial charge in [0.2, 0.25) is 0 Å². The molecule has 0 saturated carbocycles. The summed E-state index contributed by atoms with van der Waals surface area (Å²) in [5, 5.41) is 2.45. The van der Waals surface area contributed by atoms with E-state index in [-0.39, 0.29) is 35.4 Å². The van der Waals surface area contributed by atoms with Gasteiger partial charge in [-0.1, -0.05) is 11.6 Å². The first-order valence-corrected chi connectivity index (χ1v) is 12.4. The van der Waals surface area contributed by atoms with Crippen molar-refractivity contribution in [2.24, 2.45) is 0 Å². The van der Waals surface area contributed by atoms with Crippen LogP contribution in [0.5, 0.6) is 5.75 Å². The Labute approximate surface area is 221 Å². The molecule has 1 N–H and O–H groups in total. The van der Waals surface area contributed by atoms with Gasteiger partial charge in [-0.15, -0.1) is 0 Å². The topological polar surface area (TPSA) is 92.7 Å². The van der Waals surface area contributed by atoms with Crippen molar-refractivity contribution in [3.05, 3.63) is 41.4 Å². The summed E-state index contributed by atoms with van der Waals surface area (Å²) < 4.78 is 50.2. The smallest absolute Gasteiger partial charge is 0.410 e. The highest BCUT2D eigenvalue weighted by atomic mass is 35.5. The lowest BCUT2D eigenvalue weighted by atomic mass is 10.2. The third kappa shape index (κ3) is 5.22. The van der Waals surface area contributed by atoms with Crippen molar-refractivity contribution in [3.63, 3.8) is 0 Å². The predicted molar refractivity (Wildman–Crippen MR) is 136 cm³/mol. The summed E-state index contributed by atoms with van der Waals surface area (Å²) in [5.41, 5.74) is 0.352. The van der Waals surface area contributed by atoms with Crippen molar-refractivity contribution >= 4 is 46.1 Å². The average molecular weight is 551 g/mol. The molecule has 2 aromatic heterocycles. The SMILES string of the molecule is CC(C)(C)OC(=O)N1C[C@@H]2C[C@H]1CN2c1ccc2ncnc(Nc3ccc(OCC(F)F)c(Cl)c3F)c2n1. The van der Waals surface area contributed by atoms with E-state index in [9.17, 15) is 18.0 Å². The Morgan fingerprint density at radius 1 is 1.18 bits per heavy atom. The second-order valence-corrected chi connectivity index (χ2v) is 10.5. The summed E-state index contributed by atoms with van der Waals surface area (Å²) in [6, 6.07) is 6.37. The number of nitrogens with zero attached hydrogens (tertiary/aromatic N) is 5. The van der Waals surface area contributed by atoms with E-state index in [1.807, 2.05) is 26.8 Å². The number of hydrogen-bond acceptors (Lipinski definition) is 8. The van der Waals surface area contributed by atoms with E-state index < -0.39 is 29.5 Å². The fraction of sp³-hybridized carbons (Fsp3) is 0.440. The molecule has 5 rings (SSSR count). The van der Waals surface area contributed by atoms with E-state index in [1.165, 1.54) is 18.5 Å². The molecule has 2 bridgehead atoms. The van der Waals surface area contributed by atoms with Crippen LogP contribution in [0.3, 0.4) is 0 Å². The second kappa shape index (κ2) is 9.97. The average Bonchev–Trinajstić information content (AvgIpc) is 3.47. The number of rotatable bonds is 6. The van der Waals surface area contributed by atoms with Gasteiger partial charge >= 0.3 is 6.09 Å². The number of pyridine rings is 1. The molecule has 2 fully saturated rings. The number of anilines is 3. The minimum atomic E-state index is -2.72. The van der Waals surface area contributed by atoms with Gasteiger partial charge in [-0.05, 0) is 51.5 Å². The second-order valence-electron chi connectivity index (χ2n) is 10.2. The number of carbonyl (C=O) groups excluding carboxylic acids is 1. The molecular formula is C25H26ClF3N6O3. The first-order valence-electron chi connectivity index (χ1n) is 12.0. The maximum Gasteiger partial charge on any atom is 0.410 e. The summed E-state index contributed by atoms with van der Waals surface area (Å²) >= 11 is 6.01. The number of carbonyl (C=O) groups is 1. The van der Waals surface area contributed by atoms with Crippen LogP contribution in [0.4, 0.5) is 35.3 Å². The molecule has 2 aliphatic rings. The molecule has 1 aromatic carbocycles. The van der Waals surface area contributed by atoms with E-state index in [4.69, 9.17) is 26.1 Å². The largest absolute Gasteiger partial charge is 0.486 e. The summed E-state index contributed by atoms with van der Waals surface area (Å²) in [7, 11) is 0. The Kier molecular flexibility index (Phi) is 6.84. The number of nitrogens with one attached hydrogen (secondary N) is 1. The normalized spacial score (nSPS) is 18.9. The Balaban J connectivity index is 1.36. The van der Waals surface area contributed by atoms with Gasteiger partial charge in [0.25, 0.3) is 6.43 Å². The number of hydrogen-bond donors (Lipinski definition) is 1. The van der Waals surface area contributed by atoms with Crippen LogP contribution in [0.2, 0.25) is 5.02 Å². The lowest BCUT2D eigenvalue weighted by Crippen LogP contribution is -2.50. The van der Waals surface area contributed by atoms with E-state index >= 15 is 0 Å². The number of ether oxygens (including phenoxy) is 2. The van der Waals surface area contributed by atoms with Crippen molar-refractivity contribution in [1.29, 1.82) is 0 Å². The minimum absolute atomic E-state index is 0.0130. The van der Waals surface area contributed by atoms with E-state index in [1.54, 1.807) is 11.0 Å². The maximum atomic E-state index is 14.9. The summed E-state index contributed by atoms with van der Waals surface area (Å²) in [6.45, 7) is 5.75. The molecule has 3 aromatic rings. The van der Waals surface area contributed by atoms with Gasteiger partial charge in [0.05, 0.1) is 23.3 Å². The van der Waals surface area contributed by atoms with Gasteiger partial charge < -0.3 is 24.6 Å². The molecular weight excluding hydrogens is 525 g/mol. The Morgan fingerprint density at radius 3 is 2.66 bits per heavy atom. The van der Waals surface area contributed by atoms with Gasteiger partial charge in [-0.25, -0.2) is 32.9 Å². The number of amides is 1. The molecule has 0 radical (unpaired) electrons. The van der Waals surface area contributed by atoms with Gasteiger partial charge in [0.15, 0.2) is 11.6 Å². The first-order chi connectivity index (χ1) is 18.0. The monoisotopic (exact) mass is 550 g/mol. The van der Waals surface area contributed by atoms with Crippen LogP contribution in [0, 0.1) is 5.82 Å². The number of halogens is 4. The van der Waals surface area contributed by atoms with Crippen molar-refractivity contribution < 1.29 is 27.4 Å². The predicted octanol–water partition coefficient (Wildman–Crippen LogP) is 5.40. The number of benzene rings is 1. The van der Waals surface area contributed by atoms with Crippen LogP contribution >= 0.6 is 11.6 Å². The van der Waals surface area contributed by atoms with Gasteiger partial charge in [0, 0.05) is 13.1 Å². The van der Waals surface area contributed by atoms with Crippen molar-refractivity contribution in [3.8, 4) is 5.75 Å². The van der Waals surface area contributed by atoms with E-state index in [0.717, 1.165) is 6.42 Å². The van der Waals surface area contributed by atoms with Gasteiger partial charge in [0.1, 0.15) is 40.6 Å². The molecule has 0 unspecified atom stereocenters. The highest BCUT2D eigenvalue weighted by Crippen LogP contribution is 2.37. The molecule has 38 heavy (non-hydrogen) atoms. The molecule has 0 aliphatic carbocycles.